The molecule has 0 atom stereocenters. The van der Waals surface area contributed by atoms with Gasteiger partial charge >= 0.3 is 0 Å². The SMILES string of the molecule is COC=CN(Cl)S(=O)(=O)c1ccc(C)cc1. The van der Waals surface area contributed by atoms with E-state index < -0.39 is 10.0 Å². The van der Waals surface area contributed by atoms with Crippen LogP contribution < -0.4 is 0 Å². The first kappa shape index (κ1) is 12.9. The van der Waals surface area contributed by atoms with Gasteiger partial charge in [0.05, 0.1) is 18.2 Å². The molecular formula is C10H12ClNO3S. The van der Waals surface area contributed by atoms with Crippen molar-refractivity contribution in [1.82, 2.24) is 3.82 Å². The number of methoxy groups -OCH3 is 1. The van der Waals surface area contributed by atoms with E-state index >= 15 is 0 Å². The van der Waals surface area contributed by atoms with Crippen LogP contribution in [0.1, 0.15) is 5.56 Å². The van der Waals surface area contributed by atoms with Gasteiger partial charge in [0.1, 0.15) is 6.26 Å². The summed E-state index contributed by atoms with van der Waals surface area (Å²) in [5, 5.41) is 0. The zero-order chi connectivity index (χ0) is 12.2. The number of rotatable bonds is 4. The third kappa shape index (κ3) is 2.90. The van der Waals surface area contributed by atoms with Crippen LogP contribution in [0.15, 0.2) is 41.6 Å². The third-order valence-electron chi connectivity index (χ3n) is 1.86. The van der Waals surface area contributed by atoms with E-state index in [9.17, 15) is 8.42 Å². The molecule has 0 fully saturated rings. The van der Waals surface area contributed by atoms with Gasteiger partial charge in [-0.1, -0.05) is 17.7 Å². The lowest BCUT2D eigenvalue weighted by Crippen LogP contribution is -2.16. The quantitative estimate of drug-likeness (QED) is 0.617. The number of halogens is 1. The van der Waals surface area contributed by atoms with Crippen LogP contribution in [0.3, 0.4) is 0 Å². The maximum atomic E-state index is 11.8. The van der Waals surface area contributed by atoms with Crippen molar-refractivity contribution >= 4 is 21.8 Å². The van der Waals surface area contributed by atoms with Crippen molar-refractivity contribution in [3.8, 4) is 0 Å². The number of aryl methyl sites for hydroxylation is 1. The molecule has 0 spiro atoms. The van der Waals surface area contributed by atoms with Crippen molar-refractivity contribution in [2.24, 2.45) is 0 Å². The van der Waals surface area contributed by atoms with Gasteiger partial charge in [-0.05, 0) is 19.1 Å². The monoisotopic (exact) mass is 261 g/mol. The van der Waals surface area contributed by atoms with E-state index in [1.807, 2.05) is 6.92 Å². The van der Waals surface area contributed by atoms with Gasteiger partial charge < -0.3 is 4.74 Å². The van der Waals surface area contributed by atoms with Gasteiger partial charge in [0.15, 0.2) is 0 Å². The Morgan fingerprint density at radius 3 is 2.38 bits per heavy atom. The smallest absolute Gasteiger partial charge is 0.277 e. The van der Waals surface area contributed by atoms with E-state index in [1.54, 1.807) is 12.1 Å². The molecule has 6 heteroatoms. The largest absolute Gasteiger partial charge is 0.503 e. The minimum atomic E-state index is -3.70. The maximum absolute atomic E-state index is 11.8. The van der Waals surface area contributed by atoms with E-state index in [-0.39, 0.29) is 4.90 Å². The molecule has 1 rings (SSSR count). The van der Waals surface area contributed by atoms with E-state index in [0.29, 0.717) is 3.82 Å². The average Bonchev–Trinajstić information content (AvgIpc) is 2.26. The fourth-order valence-corrected chi connectivity index (χ4v) is 2.18. The Labute approximate surface area is 100 Å². The second-order valence-corrected chi connectivity index (χ2v) is 5.46. The van der Waals surface area contributed by atoms with Crippen molar-refractivity contribution in [2.45, 2.75) is 11.8 Å². The van der Waals surface area contributed by atoms with Crippen molar-refractivity contribution in [2.75, 3.05) is 7.11 Å². The molecule has 0 aliphatic heterocycles. The number of hydrogen-bond donors (Lipinski definition) is 0. The second-order valence-electron chi connectivity index (χ2n) is 3.08. The molecular weight excluding hydrogens is 250 g/mol. The molecule has 88 valence electrons. The molecule has 1 aromatic rings. The summed E-state index contributed by atoms with van der Waals surface area (Å²) in [6.45, 7) is 1.87. The van der Waals surface area contributed by atoms with Gasteiger partial charge in [0.2, 0.25) is 0 Å². The first-order valence-electron chi connectivity index (χ1n) is 4.45. The van der Waals surface area contributed by atoms with E-state index in [0.717, 1.165) is 11.8 Å². The van der Waals surface area contributed by atoms with Gasteiger partial charge in [-0.25, -0.2) is 0 Å². The van der Waals surface area contributed by atoms with Gasteiger partial charge in [0.25, 0.3) is 10.0 Å². The van der Waals surface area contributed by atoms with Crippen LogP contribution in [0, 0.1) is 6.92 Å². The first-order valence-corrected chi connectivity index (χ1v) is 6.22. The van der Waals surface area contributed by atoms with E-state index in [4.69, 9.17) is 11.8 Å². The zero-order valence-corrected chi connectivity index (χ0v) is 10.5. The Hall–Kier alpha value is -1.20. The normalized spacial score (nSPS) is 11.7. The van der Waals surface area contributed by atoms with Crippen molar-refractivity contribution in [3.63, 3.8) is 0 Å². The summed E-state index contributed by atoms with van der Waals surface area (Å²) in [6.07, 6.45) is 2.30. The Kier molecular flexibility index (Phi) is 4.20. The lowest BCUT2D eigenvalue weighted by Gasteiger charge is -2.11. The molecule has 0 saturated carbocycles. The highest BCUT2D eigenvalue weighted by atomic mass is 35.5. The Bertz CT molecular complexity index is 467. The highest BCUT2D eigenvalue weighted by molar-refractivity contribution is 7.90. The van der Waals surface area contributed by atoms with Crippen LogP contribution in [0.25, 0.3) is 0 Å². The van der Waals surface area contributed by atoms with Crippen LogP contribution in [0.5, 0.6) is 0 Å². The molecule has 0 saturated heterocycles. The van der Waals surface area contributed by atoms with E-state index in [2.05, 4.69) is 4.74 Å². The Morgan fingerprint density at radius 2 is 1.88 bits per heavy atom. The molecule has 0 aliphatic rings. The molecule has 0 aliphatic carbocycles. The molecule has 0 aromatic heterocycles. The Balaban J connectivity index is 3.02. The number of benzene rings is 1. The van der Waals surface area contributed by atoms with Gasteiger partial charge in [-0.3, -0.25) is 0 Å². The molecule has 0 heterocycles. The predicted molar refractivity (Wildman–Crippen MR) is 62.2 cm³/mol. The summed E-state index contributed by atoms with van der Waals surface area (Å²) >= 11 is 5.60. The highest BCUT2D eigenvalue weighted by Gasteiger charge is 2.19. The standard InChI is InChI=1S/C10H12ClNO3S/c1-9-3-5-10(6-4-9)16(13,14)12(11)7-8-15-2/h3-8H,1-2H3. The van der Waals surface area contributed by atoms with Gasteiger partial charge in [0, 0.05) is 11.8 Å². The lowest BCUT2D eigenvalue weighted by atomic mass is 10.2. The van der Waals surface area contributed by atoms with Crippen LogP contribution in [-0.2, 0) is 14.8 Å². The number of nitrogens with zero attached hydrogens (tertiary/aromatic N) is 1. The number of hydrogen-bond acceptors (Lipinski definition) is 3. The fourth-order valence-electron chi connectivity index (χ4n) is 1.000. The summed E-state index contributed by atoms with van der Waals surface area (Å²) in [5.74, 6) is 0. The number of ether oxygens (including phenoxy) is 1. The molecule has 16 heavy (non-hydrogen) atoms. The minimum Gasteiger partial charge on any atom is -0.503 e. The first-order chi connectivity index (χ1) is 7.48. The van der Waals surface area contributed by atoms with Crippen LogP contribution in [0.2, 0.25) is 0 Å². The molecule has 0 bridgehead atoms. The van der Waals surface area contributed by atoms with Crippen LogP contribution in [-0.4, -0.2) is 19.4 Å². The zero-order valence-electron chi connectivity index (χ0n) is 8.92. The summed E-state index contributed by atoms with van der Waals surface area (Å²) in [7, 11) is -2.29. The van der Waals surface area contributed by atoms with Crippen LogP contribution in [0.4, 0.5) is 0 Å². The summed E-state index contributed by atoms with van der Waals surface area (Å²) in [4.78, 5) is 0.133. The minimum absolute atomic E-state index is 0.133. The van der Waals surface area contributed by atoms with Crippen molar-refractivity contribution in [3.05, 3.63) is 42.3 Å². The predicted octanol–water partition coefficient (Wildman–Crippen LogP) is 2.26. The van der Waals surface area contributed by atoms with E-state index in [1.165, 1.54) is 25.5 Å². The molecule has 4 nitrogen and oxygen atoms in total. The number of sulfonamides is 1. The van der Waals surface area contributed by atoms with Crippen molar-refractivity contribution in [1.29, 1.82) is 0 Å². The highest BCUT2D eigenvalue weighted by Crippen LogP contribution is 2.18. The molecule has 1 aromatic carbocycles. The lowest BCUT2D eigenvalue weighted by molar-refractivity contribution is 0.334. The average molecular weight is 262 g/mol. The molecule has 0 unspecified atom stereocenters. The topological polar surface area (TPSA) is 46.6 Å². The summed E-state index contributed by atoms with van der Waals surface area (Å²) in [5.41, 5.74) is 0.979. The maximum Gasteiger partial charge on any atom is 0.277 e. The summed E-state index contributed by atoms with van der Waals surface area (Å²) < 4.78 is 28.8. The molecule has 0 radical (unpaired) electrons. The summed E-state index contributed by atoms with van der Waals surface area (Å²) in [6, 6.07) is 6.41. The third-order valence-corrected chi connectivity index (χ3v) is 3.97. The van der Waals surface area contributed by atoms with Gasteiger partial charge in [-0.15, -0.1) is 0 Å². The Morgan fingerprint density at radius 1 is 1.31 bits per heavy atom. The van der Waals surface area contributed by atoms with Gasteiger partial charge in [-0.2, -0.15) is 12.2 Å². The fraction of sp³-hybridized carbons (Fsp3) is 0.200. The molecule has 0 amide bonds. The van der Waals surface area contributed by atoms with Crippen molar-refractivity contribution < 1.29 is 13.2 Å². The second kappa shape index (κ2) is 5.23. The van der Waals surface area contributed by atoms with Crippen LogP contribution >= 0.6 is 11.8 Å². The molecule has 0 N–H and O–H groups in total.